The molecule has 17 heavy (non-hydrogen) atoms. The molecule has 100 valence electrons. The number of ether oxygens (including phenoxy) is 1. The summed E-state index contributed by atoms with van der Waals surface area (Å²) in [7, 11) is 0. The van der Waals surface area contributed by atoms with Gasteiger partial charge in [-0.1, -0.05) is 0 Å². The molecule has 0 fully saturated rings. The van der Waals surface area contributed by atoms with Crippen molar-refractivity contribution in [2.75, 3.05) is 19.6 Å². The fraction of sp³-hybridized carbons (Fsp3) is 0.833. The zero-order valence-electron chi connectivity index (χ0n) is 11.1. The molecule has 3 N–H and O–H groups in total. The summed E-state index contributed by atoms with van der Waals surface area (Å²) in [6, 6.07) is 0. The van der Waals surface area contributed by atoms with Crippen molar-refractivity contribution in [3.05, 3.63) is 0 Å². The highest BCUT2D eigenvalue weighted by Gasteiger charge is 2.15. The van der Waals surface area contributed by atoms with Crippen LogP contribution in [0.4, 0.5) is 4.79 Å². The van der Waals surface area contributed by atoms with Gasteiger partial charge in [-0.3, -0.25) is 0 Å². The van der Waals surface area contributed by atoms with Gasteiger partial charge in [0.1, 0.15) is 5.60 Å². The highest BCUT2D eigenvalue weighted by Crippen LogP contribution is 2.05. The largest absolute Gasteiger partial charge is 0.444 e. The van der Waals surface area contributed by atoms with Gasteiger partial charge in [-0.25, -0.2) is 4.79 Å². The summed E-state index contributed by atoms with van der Waals surface area (Å²) in [5, 5.41) is 12.8. The predicted octanol–water partition coefficient (Wildman–Crippen LogP) is 1.92. The molecule has 0 rings (SSSR count). The third-order valence-electron chi connectivity index (χ3n) is 1.92. The van der Waals surface area contributed by atoms with Gasteiger partial charge in [0.15, 0.2) is 0 Å². The first-order valence-corrected chi connectivity index (χ1v) is 6.12. The zero-order valence-corrected chi connectivity index (χ0v) is 11.1. The Bertz CT molecular complexity index is 224. The van der Waals surface area contributed by atoms with Crippen LogP contribution in [-0.4, -0.2) is 37.5 Å². The van der Waals surface area contributed by atoms with Crippen LogP contribution >= 0.6 is 0 Å². The van der Waals surface area contributed by atoms with Gasteiger partial charge in [-0.15, -0.1) is 0 Å². The molecule has 0 aromatic heterocycles. The minimum absolute atomic E-state index is 0.372. The van der Waals surface area contributed by atoms with E-state index in [1.165, 1.54) is 6.21 Å². The van der Waals surface area contributed by atoms with Gasteiger partial charge >= 0.3 is 6.09 Å². The molecular formula is C12H25N3O2. The number of hydrogen-bond donors (Lipinski definition) is 3. The number of hydrogen-bond acceptors (Lipinski definition) is 4. The topological polar surface area (TPSA) is 74.2 Å². The Morgan fingerprint density at radius 2 is 1.94 bits per heavy atom. The average Bonchev–Trinajstić information content (AvgIpc) is 2.19. The van der Waals surface area contributed by atoms with Gasteiger partial charge in [0.2, 0.25) is 0 Å². The Labute approximate surface area is 104 Å². The van der Waals surface area contributed by atoms with E-state index in [-0.39, 0.29) is 6.09 Å². The first-order chi connectivity index (χ1) is 7.95. The van der Waals surface area contributed by atoms with Crippen LogP contribution in [0.25, 0.3) is 0 Å². The molecular weight excluding hydrogens is 218 g/mol. The van der Waals surface area contributed by atoms with Crippen LogP contribution in [0.5, 0.6) is 0 Å². The minimum atomic E-state index is -0.440. The standard InChI is InChI=1S/C12H25N3O2/c1-12(2,3)17-11(16)15-10-9-14-8-6-4-5-7-13/h7,13-14H,4-6,8-10H2,1-3H3,(H,15,16). The number of unbranched alkanes of at least 4 members (excludes halogenated alkanes) is 2. The Kier molecular flexibility index (Phi) is 8.40. The first kappa shape index (κ1) is 15.9. The fourth-order valence-electron chi connectivity index (χ4n) is 1.19. The molecule has 0 unspecified atom stereocenters. The monoisotopic (exact) mass is 243 g/mol. The quantitative estimate of drug-likeness (QED) is 0.450. The fourth-order valence-corrected chi connectivity index (χ4v) is 1.19. The summed E-state index contributed by atoms with van der Waals surface area (Å²) in [5.74, 6) is 0. The van der Waals surface area contributed by atoms with Crippen LogP contribution in [0, 0.1) is 5.41 Å². The third-order valence-corrected chi connectivity index (χ3v) is 1.92. The van der Waals surface area contributed by atoms with Gasteiger partial charge < -0.3 is 20.8 Å². The Morgan fingerprint density at radius 3 is 2.53 bits per heavy atom. The molecule has 0 aromatic carbocycles. The second-order valence-electron chi connectivity index (χ2n) is 4.88. The normalized spacial score (nSPS) is 11.0. The van der Waals surface area contributed by atoms with Crippen LogP contribution in [0.3, 0.4) is 0 Å². The lowest BCUT2D eigenvalue weighted by atomic mass is 10.2. The van der Waals surface area contributed by atoms with Gasteiger partial charge in [0.05, 0.1) is 0 Å². The number of carbonyl (C=O) groups excluding carboxylic acids is 1. The van der Waals surface area contributed by atoms with Crippen molar-refractivity contribution in [3.8, 4) is 0 Å². The van der Waals surface area contributed by atoms with Crippen LogP contribution in [0.1, 0.15) is 40.0 Å². The third kappa shape index (κ3) is 12.8. The van der Waals surface area contributed by atoms with E-state index in [0.29, 0.717) is 6.54 Å². The molecule has 0 aliphatic rings. The molecule has 0 aliphatic carbocycles. The number of rotatable bonds is 8. The van der Waals surface area contributed by atoms with E-state index in [9.17, 15) is 4.79 Å². The van der Waals surface area contributed by atoms with Crippen LogP contribution < -0.4 is 10.6 Å². The van der Waals surface area contributed by atoms with Crippen LogP contribution in [0.2, 0.25) is 0 Å². The number of amides is 1. The van der Waals surface area contributed by atoms with E-state index in [1.807, 2.05) is 20.8 Å². The Morgan fingerprint density at radius 1 is 1.24 bits per heavy atom. The summed E-state index contributed by atoms with van der Waals surface area (Å²) in [6.07, 6.45) is 4.00. The summed E-state index contributed by atoms with van der Waals surface area (Å²) in [6.45, 7) is 7.75. The van der Waals surface area contributed by atoms with Crippen molar-refractivity contribution in [1.29, 1.82) is 5.41 Å². The molecule has 0 atom stereocenters. The summed E-state index contributed by atoms with van der Waals surface area (Å²) in [5.41, 5.74) is -0.440. The summed E-state index contributed by atoms with van der Waals surface area (Å²) in [4.78, 5) is 11.2. The Balaban J connectivity index is 3.28. The van der Waals surface area contributed by atoms with E-state index in [2.05, 4.69) is 10.6 Å². The molecule has 0 heterocycles. The lowest BCUT2D eigenvalue weighted by Gasteiger charge is -2.19. The average molecular weight is 243 g/mol. The summed E-state index contributed by atoms with van der Waals surface area (Å²) < 4.78 is 5.09. The van der Waals surface area contributed by atoms with Gasteiger partial charge in [-0.2, -0.15) is 0 Å². The molecule has 0 bridgehead atoms. The number of nitrogens with one attached hydrogen (secondary N) is 3. The molecule has 0 spiro atoms. The van der Waals surface area contributed by atoms with E-state index in [4.69, 9.17) is 10.1 Å². The van der Waals surface area contributed by atoms with Crippen molar-refractivity contribution in [3.63, 3.8) is 0 Å². The second kappa shape index (κ2) is 8.98. The SMILES string of the molecule is CC(C)(C)OC(=O)NCCNCCCCC=N. The molecule has 0 aliphatic heterocycles. The van der Waals surface area contributed by atoms with Crippen molar-refractivity contribution >= 4 is 12.3 Å². The maximum Gasteiger partial charge on any atom is 0.407 e. The van der Waals surface area contributed by atoms with Gasteiger partial charge in [-0.05, 0) is 52.8 Å². The molecule has 0 saturated carbocycles. The minimum Gasteiger partial charge on any atom is -0.444 e. The van der Waals surface area contributed by atoms with Crippen LogP contribution in [0.15, 0.2) is 0 Å². The van der Waals surface area contributed by atoms with Gasteiger partial charge in [0.25, 0.3) is 0 Å². The second-order valence-corrected chi connectivity index (χ2v) is 4.88. The van der Waals surface area contributed by atoms with Gasteiger partial charge in [0, 0.05) is 13.1 Å². The lowest BCUT2D eigenvalue weighted by molar-refractivity contribution is 0.0528. The molecule has 0 saturated heterocycles. The predicted molar refractivity (Wildman–Crippen MR) is 69.7 cm³/mol. The van der Waals surface area contributed by atoms with Crippen molar-refractivity contribution < 1.29 is 9.53 Å². The van der Waals surface area contributed by atoms with E-state index < -0.39 is 5.60 Å². The summed E-state index contributed by atoms with van der Waals surface area (Å²) >= 11 is 0. The zero-order chi connectivity index (χ0) is 13.1. The molecule has 0 aromatic rings. The van der Waals surface area contributed by atoms with Crippen molar-refractivity contribution in [1.82, 2.24) is 10.6 Å². The lowest BCUT2D eigenvalue weighted by Crippen LogP contribution is -2.36. The van der Waals surface area contributed by atoms with Crippen LogP contribution in [-0.2, 0) is 4.74 Å². The maximum atomic E-state index is 11.2. The highest BCUT2D eigenvalue weighted by atomic mass is 16.6. The van der Waals surface area contributed by atoms with Crippen molar-refractivity contribution in [2.24, 2.45) is 0 Å². The molecule has 1 amide bonds. The number of alkyl carbamates (subject to hydrolysis) is 1. The number of carbonyl (C=O) groups is 1. The molecule has 5 heteroatoms. The Hall–Kier alpha value is -1.10. The molecule has 0 radical (unpaired) electrons. The van der Waals surface area contributed by atoms with E-state index >= 15 is 0 Å². The van der Waals surface area contributed by atoms with E-state index in [1.54, 1.807) is 0 Å². The smallest absolute Gasteiger partial charge is 0.407 e. The van der Waals surface area contributed by atoms with Crippen molar-refractivity contribution in [2.45, 2.75) is 45.6 Å². The molecule has 5 nitrogen and oxygen atoms in total. The first-order valence-electron chi connectivity index (χ1n) is 6.12. The van der Waals surface area contributed by atoms with E-state index in [0.717, 1.165) is 32.4 Å². The highest BCUT2D eigenvalue weighted by molar-refractivity contribution is 5.67. The maximum absolute atomic E-state index is 11.2.